The van der Waals surface area contributed by atoms with Crippen LogP contribution in [-0.4, -0.2) is 44.1 Å². The fraction of sp³-hybridized carbons (Fsp3) is 0.562. The molecular formula is C16H25ClN4. The highest BCUT2D eigenvalue weighted by atomic mass is 35.5. The molecule has 4 nitrogen and oxygen atoms in total. The van der Waals surface area contributed by atoms with Gasteiger partial charge in [0.15, 0.2) is 5.96 Å². The molecule has 1 fully saturated rings. The van der Waals surface area contributed by atoms with Crippen LogP contribution >= 0.6 is 11.6 Å². The first-order valence-corrected chi connectivity index (χ1v) is 7.94. The van der Waals surface area contributed by atoms with Crippen LogP contribution < -0.4 is 10.6 Å². The lowest BCUT2D eigenvalue weighted by Crippen LogP contribution is -2.39. The first kappa shape index (κ1) is 16.1. The summed E-state index contributed by atoms with van der Waals surface area (Å²) >= 11 is 5.97. The highest BCUT2D eigenvalue weighted by molar-refractivity contribution is 6.30. The van der Waals surface area contributed by atoms with E-state index in [9.17, 15) is 0 Å². The second-order valence-electron chi connectivity index (χ2n) is 5.67. The van der Waals surface area contributed by atoms with Gasteiger partial charge in [-0.1, -0.05) is 23.7 Å². The fourth-order valence-corrected chi connectivity index (χ4v) is 2.30. The molecule has 0 spiro atoms. The highest BCUT2D eigenvalue weighted by Gasteiger charge is 2.22. The van der Waals surface area contributed by atoms with Gasteiger partial charge in [0.05, 0.1) is 12.6 Å². The summed E-state index contributed by atoms with van der Waals surface area (Å²) in [6, 6.07) is 8.87. The van der Waals surface area contributed by atoms with Crippen molar-refractivity contribution in [1.82, 2.24) is 15.5 Å². The van der Waals surface area contributed by atoms with E-state index in [-0.39, 0.29) is 6.04 Å². The molecule has 116 valence electrons. The smallest absolute Gasteiger partial charge is 0.191 e. The van der Waals surface area contributed by atoms with Crippen molar-refractivity contribution in [2.24, 2.45) is 4.99 Å². The summed E-state index contributed by atoms with van der Waals surface area (Å²) in [7, 11) is 4.16. The monoisotopic (exact) mass is 308 g/mol. The maximum absolute atomic E-state index is 5.97. The van der Waals surface area contributed by atoms with E-state index >= 15 is 0 Å². The van der Waals surface area contributed by atoms with Crippen LogP contribution in [0.3, 0.4) is 0 Å². The molecule has 2 rings (SSSR count). The van der Waals surface area contributed by atoms with Crippen molar-refractivity contribution in [3.63, 3.8) is 0 Å². The average molecular weight is 309 g/mol. The Hall–Kier alpha value is -1.26. The summed E-state index contributed by atoms with van der Waals surface area (Å²) in [6.45, 7) is 3.69. The second-order valence-corrected chi connectivity index (χ2v) is 6.11. The number of aliphatic imine (C=N–C) groups is 1. The quantitative estimate of drug-likeness (QED) is 0.627. The molecule has 5 heteroatoms. The Morgan fingerprint density at radius 1 is 1.33 bits per heavy atom. The van der Waals surface area contributed by atoms with Crippen LogP contribution in [0.2, 0.25) is 5.02 Å². The first-order valence-electron chi connectivity index (χ1n) is 7.57. The Morgan fingerprint density at radius 2 is 2.00 bits per heavy atom. The minimum atomic E-state index is 0.247. The first-order chi connectivity index (χ1) is 10.1. The van der Waals surface area contributed by atoms with Crippen LogP contribution in [0.5, 0.6) is 0 Å². The minimum Gasteiger partial charge on any atom is -0.357 e. The molecule has 0 amide bonds. The maximum atomic E-state index is 5.97. The zero-order valence-corrected chi connectivity index (χ0v) is 13.8. The zero-order chi connectivity index (χ0) is 15.2. The van der Waals surface area contributed by atoms with E-state index < -0.39 is 0 Å². The molecular weight excluding hydrogens is 284 g/mol. The van der Waals surface area contributed by atoms with Crippen molar-refractivity contribution in [3.05, 3.63) is 34.9 Å². The lowest BCUT2D eigenvalue weighted by Gasteiger charge is -2.23. The highest BCUT2D eigenvalue weighted by Crippen LogP contribution is 2.21. The normalized spacial score (nSPS) is 16.9. The lowest BCUT2D eigenvalue weighted by atomic mass is 10.1. The van der Waals surface area contributed by atoms with Crippen molar-refractivity contribution in [3.8, 4) is 0 Å². The van der Waals surface area contributed by atoms with Crippen LogP contribution in [0.15, 0.2) is 29.3 Å². The SMILES string of the molecule is CCNC(=NCC(c1ccc(Cl)cc1)N(C)C)NC1CC1. The summed E-state index contributed by atoms with van der Waals surface area (Å²) in [5.74, 6) is 0.917. The molecule has 1 unspecified atom stereocenters. The van der Waals surface area contributed by atoms with E-state index in [0.29, 0.717) is 6.04 Å². The van der Waals surface area contributed by atoms with Gasteiger partial charge in [0.1, 0.15) is 0 Å². The lowest BCUT2D eigenvalue weighted by molar-refractivity contribution is 0.306. The van der Waals surface area contributed by atoms with E-state index in [1.807, 2.05) is 12.1 Å². The molecule has 0 aliphatic heterocycles. The standard InChI is InChI=1S/C16H25ClN4/c1-4-18-16(20-14-9-10-14)19-11-15(21(2)3)12-5-7-13(17)8-6-12/h5-8,14-15H,4,9-11H2,1-3H3,(H2,18,19,20). The molecule has 0 aromatic heterocycles. The molecule has 1 aromatic carbocycles. The van der Waals surface area contributed by atoms with Gasteiger partial charge in [0.2, 0.25) is 0 Å². The third-order valence-corrected chi connectivity index (χ3v) is 3.81. The number of hydrogen-bond donors (Lipinski definition) is 2. The van der Waals surface area contributed by atoms with E-state index in [2.05, 4.69) is 48.7 Å². The van der Waals surface area contributed by atoms with E-state index in [4.69, 9.17) is 16.6 Å². The van der Waals surface area contributed by atoms with Crippen LogP contribution in [-0.2, 0) is 0 Å². The van der Waals surface area contributed by atoms with Crippen molar-refractivity contribution in [2.45, 2.75) is 31.8 Å². The number of benzene rings is 1. The second kappa shape index (κ2) is 7.66. The van der Waals surface area contributed by atoms with Crippen molar-refractivity contribution >= 4 is 17.6 Å². The van der Waals surface area contributed by atoms with Gasteiger partial charge in [-0.3, -0.25) is 4.99 Å². The fourth-order valence-electron chi connectivity index (χ4n) is 2.17. The summed E-state index contributed by atoms with van der Waals surface area (Å²) < 4.78 is 0. The van der Waals surface area contributed by atoms with E-state index in [1.54, 1.807) is 0 Å². The third kappa shape index (κ3) is 5.21. The molecule has 1 aliphatic rings. The Labute approximate surface area is 132 Å². The molecule has 0 saturated heterocycles. The Balaban J connectivity index is 2.05. The van der Waals surface area contributed by atoms with Crippen LogP contribution in [0.1, 0.15) is 31.4 Å². The average Bonchev–Trinajstić information content (AvgIpc) is 3.24. The van der Waals surface area contributed by atoms with Crippen LogP contribution in [0.25, 0.3) is 0 Å². The molecule has 1 atom stereocenters. The number of halogens is 1. The van der Waals surface area contributed by atoms with Gasteiger partial charge in [-0.25, -0.2) is 0 Å². The number of nitrogens with zero attached hydrogens (tertiary/aromatic N) is 2. The Kier molecular flexibility index (Phi) is 5.88. The van der Waals surface area contributed by atoms with Gasteiger partial charge in [0, 0.05) is 17.6 Å². The predicted octanol–water partition coefficient (Wildman–Crippen LogP) is 2.66. The summed E-state index contributed by atoms with van der Waals surface area (Å²) in [6.07, 6.45) is 2.50. The molecule has 21 heavy (non-hydrogen) atoms. The van der Waals surface area contributed by atoms with Gasteiger partial charge in [0.25, 0.3) is 0 Å². The van der Waals surface area contributed by atoms with Crippen molar-refractivity contribution in [1.29, 1.82) is 0 Å². The van der Waals surface area contributed by atoms with Crippen molar-refractivity contribution in [2.75, 3.05) is 27.2 Å². The number of likely N-dealkylation sites (N-methyl/N-ethyl adjacent to an activating group) is 1. The molecule has 0 radical (unpaired) electrons. The minimum absolute atomic E-state index is 0.247. The molecule has 0 heterocycles. The maximum Gasteiger partial charge on any atom is 0.191 e. The van der Waals surface area contributed by atoms with E-state index in [0.717, 1.165) is 24.1 Å². The summed E-state index contributed by atoms with van der Waals surface area (Å²) in [5, 5.41) is 7.52. The zero-order valence-electron chi connectivity index (χ0n) is 13.1. The molecule has 1 aliphatic carbocycles. The number of guanidine groups is 1. The van der Waals surface area contributed by atoms with Gasteiger partial charge in [-0.2, -0.15) is 0 Å². The molecule has 1 aromatic rings. The van der Waals surface area contributed by atoms with Crippen LogP contribution in [0.4, 0.5) is 0 Å². The third-order valence-electron chi connectivity index (χ3n) is 3.56. The molecule has 1 saturated carbocycles. The summed E-state index contributed by atoms with van der Waals surface area (Å²) in [5.41, 5.74) is 1.23. The van der Waals surface area contributed by atoms with E-state index in [1.165, 1.54) is 18.4 Å². The number of hydrogen-bond acceptors (Lipinski definition) is 2. The number of nitrogens with one attached hydrogen (secondary N) is 2. The van der Waals surface area contributed by atoms with Gasteiger partial charge in [-0.15, -0.1) is 0 Å². The predicted molar refractivity (Wildman–Crippen MR) is 90.0 cm³/mol. The van der Waals surface area contributed by atoms with Gasteiger partial charge < -0.3 is 15.5 Å². The van der Waals surface area contributed by atoms with Gasteiger partial charge in [-0.05, 0) is 51.6 Å². The number of rotatable bonds is 6. The van der Waals surface area contributed by atoms with Gasteiger partial charge >= 0.3 is 0 Å². The Morgan fingerprint density at radius 3 is 2.52 bits per heavy atom. The molecule has 2 N–H and O–H groups in total. The Bertz CT molecular complexity index is 466. The summed E-state index contributed by atoms with van der Waals surface area (Å²) in [4.78, 5) is 6.92. The van der Waals surface area contributed by atoms with Crippen molar-refractivity contribution < 1.29 is 0 Å². The topological polar surface area (TPSA) is 39.7 Å². The largest absolute Gasteiger partial charge is 0.357 e. The van der Waals surface area contributed by atoms with Crippen LogP contribution in [0, 0.1) is 0 Å². The molecule has 0 bridgehead atoms.